The van der Waals surface area contributed by atoms with Gasteiger partial charge < -0.3 is 16.4 Å². The van der Waals surface area contributed by atoms with E-state index < -0.39 is 5.41 Å². The third-order valence-corrected chi connectivity index (χ3v) is 2.61. The molecule has 0 spiro atoms. The second-order valence-electron chi connectivity index (χ2n) is 4.71. The minimum atomic E-state index is -0.507. The Morgan fingerprint density at radius 3 is 2.71 bits per heavy atom. The lowest BCUT2D eigenvalue weighted by molar-refractivity contribution is -0.128. The lowest BCUT2D eigenvalue weighted by Crippen LogP contribution is -2.39. The molecule has 0 fully saturated rings. The molecule has 0 unspecified atom stereocenters. The number of carbonyl (C=O) groups excluding carboxylic acids is 1. The molecule has 1 rings (SSSR count). The highest BCUT2D eigenvalue weighted by Crippen LogP contribution is 2.20. The minimum absolute atomic E-state index is 0.0174. The van der Waals surface area contributed by atoms with E-state index in [9.17, 15) is 4.79 Å². The van der Waals surface area contributed by atoms with Crippen LogP contribution in [0.25, 0.3) is 0 Å². The lowest BCUT2D eigenvalue weighted by Gasteiger charge is -2.23. The Kier molecular flexibility index (Phi) is 3.93. The molecule has 0 radical (unpaired) electrons. The molecular formula is C12H20N4O. The van der Waals surface area contributed by atoms with Crippen molar-refractivity contribution in [3.63, 3.8) is 0 Å². The van der Waals surface area contributed by atoms with Crippen LogP contribution in [0.3, 0.4) is 0 Å². The van der Waals surface area contributed by atoms with Crippen LogP contribution in [0, 0.1) is 12.3 Å². The number of nitrogens with one attached hydrogen (secondary N) is 2. The van der Waals surface area contributed by atoms with E-state index in [-0.39, 0.29) is 5.91 Å². The largest absolute Gasteiger partial charge is 0.396 e. The Balaban J connectivity index is 2.73. The molecule has 0 saturated carbocycles. The molecule has 1 heterocycles. The highest BCUT2D eigenvalue weighted by atomic mass is 16.2. The van der Waals surface area contributed by atoms with Gasteiger partial charge in [-0.15, -0.1) is 0 Å². The third kappa shape index (κ3) is 3.34. The summed E-state index contributed by atoms with van der Waals surface area (Å²) >= 11 is 0. The Morgan fingerprint density at radius 1 is 1.47 bits per heavy atom. The average molecular weight is 236 g/mol. The molecule has 0 bridgehead atoms. The normalized spacial score (nSPS) is 11.1. The van der Waals surface area contributed by atoms with Crippen molar-refractivity contribution in [2.75, 3.05) is 24.6 Å². The van der Waals surface area contributed by atoms with Gasteiger partial charge in [-0.3, -0.25) is 4.79 Å². The van der Waals surface area contributed by atoms with Crippen molar-refractivity contribution >= 4 is 17.4 Å². The van der Waals surface area contributed by atoms with Gasteiger partial charge in [-0.25, -0.2) is 4.98 Å². The zero-order chi connectivity index (χ0) is 13.1. The molecule has 5 nitrogen and oxygen atoms in total. The quantitative estimate of drug-likeness (QED) is 0.732. The molecule has 0 aliphatic heterocycles. The van der Waals surface area contributed by atoms with Crippen LogP contribution in [0.1, 0.15) is 19.5 Å². The van der Waals surface area contributed by atoms with Gasteiger partial charge in [0.05, 0.1) is 11.1 Å². The van der Waals surface area contributed by atoms with E-state index in [0.717, 1.165) is 5.69 Å². The number of amides is 1. The molecule has 1 aromatic heterocycles. The van der Waals surface area contributed by atoms with Crippen LogP contribution < -0.4 is 16.4 Å². The van der Waals surface area contributed by atoms with E-state index in [4.69, 9.17) is 5.73 Å². The predicted molar refractivity (Wildman–Crippen MR) is 69.7 cm³/mol. The summed E-state index contributed by atoms with van der Waals surface area (Å²) in [6, 6.07) is 3.65. The van der Waals surface area contributed by atoms with Crippen molar-refractivity contribution < 1.29 is 4.79 Å². The summed E-state index contributed by atoms with van der Waals surface area (Å²) < 4.78 is 0. The van der Waals surface area contributed by atoms with Gasteiger partial charge in [0, 0.05) is 19.3 Å². The summed E-state index contributed by atoms with van der Waals surface area (Å²) in [6.07, 6.45) is 0. The van der Waals surface area contributed by atoms with Crippen LogP contribution in [-0.4, -0.2) is 24.5 Å². The first-order valence-corrected chi connectivity index (χ1v) is 5.56. The molecule has 0 aliphatic carbocycles. The Labute approximate surface area is 102 Å². The van der Waals surface area contributed by atoms with Crippen molar-refractivity contribution in [3.05, 3.63) is 17.8 Å². The smallest absolute Gasteiger partial charge is 0.227 e. The molecule has 0 aliphatic rings. The SMILES string of the molecule is CNC(=O)C(C)(C)CNc1nc(C)ccc1N. The van der Waals surface area contributed by atoms with E-state index in [1.165, 1.54) is 0 Å². The summed E-state index contributed by atoms with van der Waals surface area (Å²) in [5.74, 6) is 0.609. The van der Waals surface area contributed by atoms with Crippen LogP contribution in [0.4, 0.5) is 11.5 Å². The molecular weight excluding hydrogens is 216 g/mol. The van der Waals surface area contributed by atoms with Crippen LogP contribution in [-0.2, 0) is 4.79 Å². The second-order valence-corrected chi connectivity index (χ2v) is 4.71. The fourth-order valence-electron chi connectivity index (χ4n) is 1.43. The van der Waals surface area contributed by atoms with Gasteiger partial charge in [0.1, 0.15) is 5.82 Å². The number of nitrogens with two attached hydrogens (primary N) is 1. The zero-order valence-electron chi connectivity index (χ0n) is 10.8. The third-order valence-electron chi connectivity index (χ3n) is 2.61. The summed E-state index contributed by atoms with van der Waals surface area (Å²) in [4.78, 5) is 15.9. The van der Waals surface area contributed by atoms with Crippen LogP contribution in [0.5, 0.6) is 0 Å². The summed E-state index contributed by atoms with van der Waals surface area (Å²) in [5.41, 5.74) is 6.77. The Bertz CT molecular complexity index is 415. The van der Waals surface area contributed by atoms with Crippen molar-refractivity contribution in [3.8, 4) is 0 Å². The van der Waals surface area contributed by atoms with Crippen molar-refractivity contribution in [1.29, 1.82) is 0 Å². The van der Waals surface area contributed by atoms with Gasteiger partial charge in [-0.2, -0.15) is 0 Å². The van der Waals surface area contributed by atoms with Gasteiger partial charge in [0.25, 0.3) is 0 Å². The molecule has 0 atom stereocenters. The van der Waals surface area contributed by atoms with E-state index >= 15 is 0 Å². The van der Waals surface area contributed by atoms with Crippen molar-refractivity contribution in [1.82, 2.24) is 10.3 Å². The fraction of sp³-hybridized carbons (Fsp3) is 0.500. The zero-order valence-corrected chi connectivity index (χ0v) is 10.8. The second kappa shape index (κ2) is 5.03. The van der Waals surface area contributed by atoms with Crippen LogP contribution in [0.2, 0.25) is 0 Å². The Hall–Kier alpha value is -1.78. The first-order chi connectivity index (χ1) is 7.86. The number of pyridine rings is 1. The number of carbonyl (C=O) groups is 1. The fourth-order valence-corrected chi connectivity index (χ4v) is 1.43. The van der Waals surface area contributed by atoms with Gasteiger partial charge in [-0.1, -0.05) is 0 Å². The number of hydrogen-bond acceptors (Lipinski definition) is 4. The molecule has 0 saturated heterocycles. The van der Waals surface area contributed by atoms with Gasteiger partial charge in [-0.05, 0) is 32.9 Å². The maximum absolute atomic E-state index is 11.6. The summed E-state index contributed by atoms with van der Waals surface area (Å²) in [6.45, 7) is 6.11. The highest BCUT2D eigenvalue weighted by molar-refractivity contribution is 5.82. The topological polar surface area (TPSA) is 80.0 Å². The molecule has 17 heavy (non-hydrogen) atoms. The number of aryl methyl sites for hydroxylation is 1. The molecule has 5 heteroatoms. The van der Waals surface area contributed by atoms with Crippen molar-refractivity contribution in [2.45, 2.75) is 20.8 Å². The molecule has 1 amide bonds. The standard InChI is InChI=1S/C12H20N4O/c1-8-5-6-9(13)10(16-8)15-7-12(2,3)11(17)14-4/h5-6H,7,13H2,1-4H3,(H,14,17)(H,15,16). The number of aromatic nitrogens is 1. The molecule has 4 N–H and O–H groups in total. The van der Waals surface area contributed by atoms with Gasteiger partial charge in [0.2, 0.25) is 5.91 Å². The number of nitrogen functional groups attached to an aromatic ring is 1. The maximum atomic E-state index is 11.6. The lowest BCUT2D eigenvalue weighted by atomic mass is 9.92. The molecule has 1 aromatic rings. The van der Waals surface area contributed by atoms with Crippen molar-refractivity contribution in [2.24, 2.45) is 5.41 Å². The molecule has 0 aromatic carbocycles. The highest BCUT2D eigenvalue weighted by Gasteiger charge is 2.26. The maximum Gasteiger partial charge on any atom is 0.227 e. The van der Waals surface area contributed by atoms with E-state index in [2.05, 4.69) is 15.6 Å². The van der Waals surface area contributed by atoms with Gasteiger partial charge >= 0.3 is 0 Å². The van der Waals surface area contributed by atoms with E-state index in [0.29, 0.717) is 18.1 Å². The number of nitrogens with zero attached hydrogens (tertiary/aromatic N) is 1. The first-order valence-electron chi connectivity index (χ1n) is 5.56. The number of rotatable bonds is 4. The predicted octanol–water partition coefficient (Wildman–Crippen LogP) is 1.16. The number of hydrogen-bond donors (Lipinski definition) is 3. The van der Waals surface area contributed by atoms with E-state index in [1.54, 1.807) is 13.1 Å². The minimum Gasteiger partial charge on any atom is -0.396 e. The first kappa shape index (κ1) is 13.3. The monoisotopic (exact) mass is 236 g/mol. The van der Waals surface area contributed by atoms with Crippen LogP contribution >= 0.6 is 0 Å². The summed E-state index contributed by atoms with van der Waals surface area (Å²) in [5, 5.41) is 5.75. The van der Waals surface area contributed by atoms with Crippen LogP contribution in [0.15, 0.2) is 12.1 Å². The summed E-state index contributed by atoms with van der Waals surface area (Å²) in [7, 11) is 1.63. The van der Waals surface area contributed by atoms with E-state index in [1.807, 2.05) is 26.8 Å². The van der Waals surface area contributed by atoms with Gasteiger partial charge in [0.15, 0.2) is 0 Å². The average Bonchev–Trinajstić information content (AvgIpc) is 2.29. The molecule has 94 valence electrons. The Morgan fingerprint density at radius 2 is 2.12 bits per heavy atom. The number of anilines is 2.